The summed E-state index contributed by atoms with van der Waals surface area (Å²) in [4.78, 5) is 0. The highest BCUT2D eigenvalue weighted by Gasteiger charge is 2.13. The molecule has 0 aliphatic carbocycles. The highest BCUT2D eigenvalue weighted by Crippen LogP contribution is 2.30. The number of hydrogen-bond donors (Lipinski definition) is 2. The van der Waals surface area contributed by atoms with Crippen molar-refractivity contribution >= 4 is 5.57 Å². The lowest BCUT2D eigenvalue weighted by atomic mass is 9.89. The number of aryl methyl sites for hydroxylation is 2. The van der Waals surface area contributed by atoms with Crippen molar-refractivity contribution < 1.29 is 0 Å². The van der Waals surface area contributed by atoms with Gasteiger partial charge in [0.2, 0.25) is 0 Å². The summed E-state index contributed by atoms with van der Waals surface area (Å²) in [5.74, 6) is 0. The normalized spacial score (nSPS) is 11.9. The number of nitrogens with two attached hydrogens (primary N) is 1. The van der Waals surface area contributed by atoms with E-state index in [1.807, 2.05) is 7.05 Å². The molecular weight excluding hydrogens is 292 g/mol. The van der Waals surface area contributed by atoms with E-state index in [1.165, 1.54) is 27.8 Å². The van der Waals surface area contributed by atoms with Crippen molar-refractivity contribution in [1.29, 1.82) is 0 Å². The Labute approximate surface area is 146 Å². The first kappa shape index (κ1) is 18.0. The second-order valence-electron chi connectivity index (χ2n) is 6.37. The molecule has 0 atom stereocenters. The Kier molecular flexibility index (Phi) is 5.99. The van der Waals surface area contributed by atoms with Gasteiger partial charge in [-0.15, -0.1) is 0 Å². The fourth-order valence-electron chi connectivity index (χ4n) is 3.00. The highest BCUT2D eigenvalue weighted by molar-refractivity contribution is 5.82. The number of hydrogen-bond acceptors (Lipinski definition) is 2. The molecule has 0 amide bonds. The minimum absolute atomic E-state index is 0.577. The van der Waals surface area contributed by atoms with Gasteiger partial charge < -0.3 is 11.1 Å². The Hall–Kier alpha value is -2.32. The van der Waals surface area contributed by atoms with Crippen LogP contribution in [0.2, 0.25) is 0 Å². The van der Waals surface area contributed by atoms with Crippen LogP contribution in [0.1, 0.15) is 34.7 Å². The monoisotopic (exact) mass is 320 g/mol. The van der Waals surface area contributed by atoms with E-state index in [0.717, 1.165) is 23.3 Å². The van der Waals surface area contributed by atoms with Crippen LogP contribution >= 0.6 is 0 Å². The maximum Gasteiger partial charge on any atom is 0.0178 e. The quantitative estimate of drug-likeness (QED) is 0.768. The largest absolute Gasteiger partial charge is 0.391 e. The van der Waals surface area contributed by atoms with Crippen LogP contribution in [-0.2, 0) is 13.0 Å². The standard InChI is InChI=1S/C22H28N2/c1-15-6-11-21(16(2)12-15)22(18(4)24-5)17(3)13-19-7-9-20(14-23)10-8-19/h6-12,24H,3,13-14,23H2,1-2,4-5H3/b22-18+. The Morgan fingerprint density at radius 2 is 1.67 bits per heavy atom. The maximum absolute atomic E-state index is 5.68. The van der Waals surface area contributed by atoms with E-state index in [0.29, 0.717) is 6.54 Å². The second kappa shape index (κ2) is 7.98. The zero-order valence-electron chi connectivity index (χ0n) is 15.2. The molecule has 2 aromatic carbocycles. The smallest absolute Gasteiger partial charge is 0.0178 e. The summed E-state index contributed by atoms with van der Waals surface area (Å²) >= 11 is 0. The molecule has 0 heterocycles. The predicted molar refractivity (Wildman–Crippen MR) is 105 cm³/mol. The van der Waals surface area contributed by atoms with Gasteiger partial charge in [-0.2, -0.15) is 0 Å². The first-order valence-electron chi connectivity index (χ1n) is 8.38. The van der Waals surface area contributed by atoms with E-state index in [4.69, 9.17) is 5.73 Å². The minimum Gasteiger partial charge on any atom is -0.391 e. The molecule has 0 saturated carbocycles. The van der Waals surface area contributed by atoms with Gasteiger partial charge in [-0.25, -0.2) is 0 Å². The van der Waals surface area contributed by atoms with E-state index >= 15 is 0 Å². The molecule has 2 aromatic rings. The van der Waals surface area contributed by atoms with Gasteiger partial charge in [0.25, 0.3) is 0 Å². The number of benzene rings is 2. The molecule has 2 rings (SSSR count). The van der Waals surface area contributed by atoms with Crippen LogP contribution < -0.4 is 11.1 Å². The van der Waals surface area contributed by atoms with Crippen LogP contribution in [0.4, 0.5) is 0 Å². The summed E-state index contributed by atoms with van der Waals surface area (Å²) in [5, 5.41) is 3.29. The van der Waals surface area contributed by atoms with E-state index < -0.39 is 0 Å². The van der Waals surface area contributed by atoms with Crippen LogP contribution in [0.3, 0.4) is 0 Å². The predicted octanol–water partition coefficient (Wildman–Crippen LogP) is 4.51. The molecule has 0 bridgehead atoms. The zero-order chi connectivity index (χ0) is 17.7. The van der Waals surface area contributed by atoms with Crippen LogP contribution in [0.5, 0.6) is 0 Å². The third kappa shape index (κ3) is 4.15. The summed E-state index contributed by atoms with van der Waals surface area (Å²) < 4.78 is 0. The van der Waals surface area contributed by atoms with Gasteiger partial charge >= 0.3 is 0 Å². The second-order valence-corrected chi connectivity index (χ2v) is 6.37. The van der Waals surface area contributed by atoms with Crippen LogP contribution in [0.25, 0.3) is 5.57 Å². The Morgan fingerprint density at radius 1 is 1.04 bits per heavy atom. The van der Waals surface area contributed by atoms with Crippen LogP contribution in [0, 0.1) is 13.8 Å². The topological polar surface area (TPSA) is 38.0 Å². The summed E-state index contributed by atoms with van der Waals surface area (Å²) in [6, 6.07) is 15.0. The molecular formula is C22H28N2. The molecule has 0 saturated heterocycles. The summed E-state index contributed by atoms with van der Waals surface area (Å²) in [6.07, 6.45) is 0.826. The highest BCUT2D eigenvalue weighted by atomic mass is 14.8. The van der Waals surface area contributed by atoms with E-state index in [2.05, 4.69) is 75.1 Å². The first-order valence-corrected chi connectivity index (χ1v) is 8.38. The van der Waals surface area contributed by atoms with Crippen molar-refractivity contribution in [3.05, 3.63) is 88.1 Å². The fraction of sp³-hybridized carbons (Fsp3) is 0.273. The van der Waals surface area contributed by atoms with Gasteiger partial charge in [-0.3, -0.25) is 0 Å². The lowest BCUT2D eigenvalue weighted by molar-refractivity contribution is 0.987. The van der Waals surface area contributed by atoms with Crippen molar-refractivity contribution in [2.24, 2.45) is 5.73 Å². The Balaban J connectivity index is 2.36. The van der Waals surface area contributed by atoms with Crippen molar-refractivity contribution in [3.8, 4) is 0 Å². The fourth-order valence-corrected chi connectivity index (χ4v) is 3.00. The molecule has 0 aromatic heterocycles. The third-order valence-corrected chi connectivity index (χ3v) is 4.43. The first-order chi connectivity index (χ1) is 11.5. The SMILES string of the molecule is C=C(Cc1ccc(CN)cc1)/C(=C(/C)NC)c1ccc(C)cc1C. The van der Waals surface area contributed by atoms with Gasteiger partial charge in [0.1, 0.15) is 0 Å². The summed E-state index contributed by atoms with van der Waals surface area (Å²) in [7, 11) is 1.96. The van der Waals surface area contributed by atoms with Crippen molar-refractivity contribution in [2.45, 2.75) is 33.7 Å². The molecule has 0 aliphatic heterocycles. The average Bonchev–Trinajstić information content (AvgIpc) is 2.57. The molecule has 126 valence electrons. The molecule has 3 N–H and O–H groups in total. The minimum atomic E-state index is 0.577. The molecule has 0 aliphatic rings. The van der Waals surface area contributed by atoms with Crippen LogP contribution in [-0.4, -0.2) is 7.05 Å². The number of nitrogens with one attached hydrogen (secondary N) is 1. The molecule has 0 radical (unpaired) electrons. The lowest BCUT2D eigenvalue weighted by Gasteiger charge is -2.18. The summed E-state index contributed by atoms with van der Waals surface area (Å²) in [6.45, 7) is 11.4. The molecule has 0 spiro atoms. The van der Waals surface area contributed by atoms with Crippen molar-refractivity contribution in [1.82, 2.24) is 5.32 Å². The van der Waals surface area contributed by atoms with Gasteiger partial charge in [0, 0.05) is 24.9 Å². The van der Waals surface area contributed by atoms with E-state index in [9.17, 15) is 0 Å². The Morgan fingerprint density at radius 3 is 2.21 bits per heavy atom. The number of allylic oxidation sites excluding steroid dienone is 3. The van der Waals surface area contributed by atoms with Gasteiger partial charge in [-0.1, -0.05) is 54.6 Å². The molecule has 24 heavy (non-hydrogen) atoms. The molecule has 0 fully saturated rings. The average molecular weight is 320 g/mol. The van der Waals surface area contributed by atoms with Crippen molar-refractivity contribution in [3.63, 3.8) is 0 Å². The Bertz CT molecular complexity index is 752. The van der Waals surface area contributed by atoms with Gasteiger partial charge in [0.05, 0.1) is 0 Å². The summed E-state index contributed by atoms with van der Waals surface area (Å²) in [5.41, 5.74) is 15.4. The molecule has 2 nitrogen and oxygen atoms in total. The van der Waals surface area contributed by atoms with Gasteiger partial charge in [-0.05, 0) is 55.0 Å². The van der Waals surface area contributed by atoms with Gasteiger partial charge in [0.15, 0.2) is 0 Å². The lowest BCUT2D eigenvalue weighted by Crippen LogP contribution is -2.08. The molecule has 0 unspecified atom stereocenters. The zero-order valence-corrected chi connectivity index (χ0v) is 15.2. The van der Waals surface area contributed by atoms with E-state index in [-0.39, 0.29) is 0 Å². The van der Waals surface area contributed by atoms with Crippen LogP contribution in [0.15, 0.2) is 60.3 Å². The van der Waals surface area contributed by atoms with Crippen molar-refractivity contribution in [2.75, 3.05) is 7.05 Å². The maximum atomic E-state index is 5.68. The third-order valence-electron chi connectivity index (χ3n) is 4.43. The van der Waals surface area contributed by atoms with E-state index in [1.54, 1.807) is 0 Å². The molecule has 2 heteroatoms. The number of rotatable bonds is 6.